The maximum Gasteiger partial charge on any atom is 0.220 e. The minimum atomic E-state index is -0.0824. The number of aliphatic hydroxyl groups excluding tert-OH is 1. The first kappa shape index (κ1) is 27.8. The maximum atomic E-state index is 11.9. The van der Waals surface area contributed by atoms with Gasteiger partial charge in [0.1, 0.15) is 0 Å². The number of nitrogens with one attached hydrogen (secondary N) is 1. The van der Waals surface area contributed by atoms with E-state index in [1.54, 1.807) is 0 Å². The lowest BCUT2D eigenvalue weighted by Gasteiger charge is -2.16. The normalized spacial score (nSPS) is 12.2. The molecule has 0 rings (SSSR count). The van der Waals surface area contributed by atoms with Gasteiger partial charge in [-0.15, -0.1) is 0 Å². The van der Waals surface area contributed by atoms with E-state index in [1.165, 1.54) is 89.9 Å². The number of amides is 1. The van der Waals surface area contributed by atoms with Gasteiger partial charge in [-0.2, -0.15) is 11.8 Å². The van der Waals surface area contributed by atoms with Crippen molar-refractivity contribution in [2.45, 2.75) is 129 Å². The van der Waals surface area contributed by atoms with Crippen molar-refractivity contribution in [1.29, 1.82) is 0 Å². The van der Waals surface area contributed by atoms with Crippen LogP contribution in [0.25, 0.3) is 0 Å². The van der Waals surface area contributed by atoms with Gasteiger partial charge in [0.25, 0.3) is 0 Å². The van der Waals surface area contributed by atoms with Crippen LogP contribution >= 0.6 is 11.8 Å². The lowest BCUT2D eigenvalue weighted by Crippen LogP contribution is -2.39. The Labute approximate surface area is 180 Å². The molecule has 3 nitrogen and oxygen atoms in total. The van der Waals surface area contributed by atoms with Gasteiger partial charge in [0.15, 0.2) is 0 Å². The Morgan fingerprint density at radius 3 is 1.71 bits per heavy atom. The van der Waals surface area contributed by atoms with E-state index in [4.69, 9.17) is 0 Å². The van der Waals surface area contributed by atoms with Crippen LogP contribution in [0.15, 0.2) is 0 Å². The first-order valence-corrected chi connectivity index (χ1v) is 13.4. The molecule has 0 aromatic heterocycles. The van der Waals surface area contributed by atoms with Crippen molar-refractivity contribution in [3.8, 4) is 0 Å². The van der Waals surface area contributed by atoms with E-state index in [0.717, 1.165) is 24.3 Å². The first-order valence-electron chi connectivity index (χ1n) is 12.2. The number of carbonyl (C=O) groups is 1. The van der Waals surface area contributed by atoms with Gasteiger partial charge >= 0.3 is 0 Å². The highest BCUT2D eigenvalue weighted by molar-refractivity contribution is 7.99. The zero-order chi connectivity index (χ0) is 20.7. The predicted molar refractivity (Wildman–Crippen MR) is 126 cm³/mol. The molecule has 28 heavy (non-hydrogen) atoms. The Hall–Kier alpha value is -0.220. The molecular weight excluding hydrogens is 366 g/mol. The predicted octanol–water partition coefficient (Wildman–Crippen LogP) is 6.87. The van der Waals surface area contributed by atoms with E-state index in [0.29, 0.717) is 6.42 Å². The number of aliphatic hydroxyl groups is 1. The molecule has 0 bridgehead atoms. The molecule has 2 N–H and O–H groups in total. The number of carbonyl (C=O) groups excluding carboxylic acids is 1. The van der Waals surface area contributed by atoms with Crippen molar-refractivity contribution < 1.29 is 9.90 Å². The number of unbranched alkanes of at least 4 members (excludes halogenated alkanes) is 14. The summed E-state index contributed by atoms with van der Waals surface area (Å²) in [5.41, 5.74) is 0. The second kappa shape index (κ2) is 23.1. The lowest BCUT2D eigenvalue weighted by atomic mass is 10.1. The summed E-state index contributed by atoms with van der Waals surface area (Å²) < 4.78 is 0. The summed E-state index contributed by atoms with van der Waals surface area (Å²) in [5.74, 6) is 2.07. The van der Waals surface area contributed by atoms with Crippen LogP contribution in [0.2, 0.25) is 0 Å². The second-order valence-corrected chi connectivity index (χ2v) is 9.37. The SMILES string of the molecule is CCCCCCCCCCCCCCSC[C@H](CO)NC(=O)CCCCCC. The summed E-state index contributed by atoms with van der Waals surface area (Å²) in [5, 5.41) is 12.4. The third-order valence-corrected chi connectivity index (χ3v) is 6.52. The highest BCUT2D eigenvalue weighted by Crippen LogP contribution is 2.13. The topological polar surface area (TPSA) is 49.3 Å². The summed E-state index contributed by atoms with van der Waals surface area (Å²) in [6.45, 7) is 4.50. The molecule has 0 aliphatic heterocycles. The van der Waals surface area contributed by atoms with Crippen LogP contribution in [0.3, 0.4) is 0 Å². The Morgan fingerprint density at radius 1 is 0.750 bits per heavy atom. The average molecular weight is 416 g/mol. The van der Waals surface area contributed by atoms with E-state index < -0.39 is 0 Å². The molecule has 0 aliphatic carbocycles. The highest BCUT2D eigenvalue weighted by atomic mass is 32.2. The number of thioether (sulfide) groups is 1. The van der Waals surface area contributed by atoms with Gasteiger partial charge in [-0.25, -0.2) is 0 Å². The van der Waals surface area contributed by atoms with Crippen LogP contribution in [0.1, 0.15) is 123 Å². The smallest absolute Gasteiger partial charge is 0.220 e. The summed E-state index contributed by atoms with van der Waals surface area (Å²) >= 11 is 1.87. The molecular formula is C24H49NO2S. The number of rotatable bonds is 22. The summed E-state index contributed by atoms with van der Waals surface area (Å²) in [7, 11) is 0. The summed E-state index contributed by atoms with van der Waals surface area (Å²) in [4.78, 5) is 11.9. The van der Waals surface area contributed by atoms with Crippen LogP contribution < -0.4 is 5.32 Å². The lowest BCUT2D eigenvalue weighted by molar-refractivity contribution is -0.122. The molecule has 0 saturated heterocycles. The van der Waals surface area contributed by atoms with E-state index in [1.807, 2.05) is 11.8 Å². The van der Waals surface area contributed by atoms with E-state index in [9.17, 15) is 9.90 Å². The Morgan fingerprint density at radius 2 is 1.21 bits per heavy atom. The van der Waals surface area contributed by atoms with Crippen molar-refractivity contribution in [2.24, 2.45) is 0 Å². The molecule has 0 radical (unpaired) electrons. The van der Waals surface area contributed by atoms with Crippen molar-refractivity contribution in [3.63, 3.8) is 0 Å². The van der Waals surface area contributed by atoms with Crippen LogP contribution in [0, 0.1) is 0 Å². The standard InChI is InChI=1S/C24H49NO2S/c1-3-5-7-9-10-11-12-13-14-15-16-18-20-28-22-23(21-26)25-24(27)19-17-8-6-4-2/h23,26H,3-22H2,1-2H3,(H,25,27)/t23-/m0/s1. The maximum absolute atomic E-state index is 11.9. The molecule has 4 heteroatoms. The van der Waals surface area contributed by atoms with Crippen molar-refractivity contribution in [1.82, 2.24) is 5.32 Å². The van der Waals surface area contributed by atoms with Gasteiger partial charge in [0.2, 0.25) is 5.91 Å². The minimum absolute atomic E-state index is 0.0478. The van der Waals surface area contributed by atoms with Crippen molar-refractivity contribution in [2.75, 3.05) is 18.1 Å². The third-order valence-electron chi connectivity index (χ3n) is 5.30. The molecule has 168 valence electrons. The second-order valence-electron chi connectivity index (χ2n) is 8.22. The van der Waals surface area contributed by atoms with Gasteiger partial charge in [-0.05, 0) is 18.6 Å². The molecule has 0 heterocycles. The molecule has 0 spiro atoms. The molecule has 0 aromatic rings. The van der Waals surface area contributed by atoms with Gasteiger partial charge in [-0.3, -0.25) is 4.79 Å². The Bertz CT molecular complexity index is 326. The quantitative estimate of drug-likeness (QED) is 0.190. The molecule has 0 aromatic carbocycles. The zero-order valence-corrected chi connectivity index (χ0v) is 19.8. The fraction of sp³-hybridized carbons (Fsp3) is 0.958. The molecule has 0 saturated carbocycles. The summed E-state index contributed by atoms with van der Waals surface area (Å²) in [6, 6.07) is -0.0824. The van der Waals surface area contributed by atoms with Gasteiger partial charge < -0.3 is 10.4 Å². The largest absolute Gasteiger partial charge is 0.394 e. The number of hydrogen-bond acceptors (Lipinski definition) is 3. The Kier molecular flexibility index (Phi) is 22.9. The Balaban J connectivity index is 3.37. The summed E-state index contributed by atoms with van der Waals surface area (Å²) in [6.07, 6.45) is 21.7. The van der Waals surface area contributed by atoms with Gasteiger partial charge in [-0.1, -0.05) is 104 Å². The van der Waals surface area contributed by atoms with E-state index >= 15 is 0 Å². The van der Waals surface area contributed by atoms with E-state index in [2.05, 4.69) is 19.2 Å². The van der Waals surface area contributed by atoms with Crippen LogP contribution in [-0.4, -0.2) is 35.2 Å². The van der Waals surface area contributed by atoms with Gasteiger partial charge in [0, 0.05) is 12.2 Å². The molecule has 0 fully saturated rings. The average Bonchev–Trinajstić information content (AvgIpc) is 2.70. The molecule has 0 unspecified atom stereocenters. The van der Waals surface area contributed by atoms with Crippen molar-refractivity contribution >= 4 is 17.7 Å². The fourth-order valence-corrected chi connectivity index (χ4v) is 4.47. The highest BCUT2D eigenvalue weighted by Gasteiger charge is 2.11. The van der Waals surface area contributed by atoms with Gasteiger partial charge in [0.05, 0.1) is 12.6 Å². The molecule has 1 amide bonds. The van der Waals surface area contributed by atoms with Crippen LogP contribution in [0.5, 0.6) is 0 Å². The number of hydrogen-bond donors (Lipinski definition) is 2. The van der Waals surface area contributed by atoms with Crippen molar-refractivity contribution in [3.05, 3.63) is 0 Å². The molecule has 0 aliphatic rings. The van der Waals surface area contributed by atoms with E-state index in [-0.39, 0.29) is 18.6 Å². The zero-order valence-electron chi connectivity index (χ0n) is 19.0. The van der Waals surface area contributed by atoms with Crippen LogP contribution in [0.4, 0.5) is 0 Å². The van der Waals surface area contributed by atoms with Crippen LogP contribution in [-0.2, 0) is 4.79 Å². The monoisotopic (exact) mass is 415 g/mol. The fourth-order valence-electron chi connectivity index (χ4n) is 3.42. The first-order chi connectivity index (χ1) is 13.7. The molecule has 1 atom stereocenters. The minimum Gasteiger partial charge on any atom is -0.394 e. The third kappa shape index (κ3) is 20.5.